The Bertz CT molecular complexity index is 1560. The summed E-state index contributed by atoms with van der Waals surface area (Å²) in [5, 5.41) is 6.19. The van der Waals surface area contributed by atoms with Crippen LogP contribution >= 0.6 is 0 Å². The van der Waals surface area contributed by atoms with E-state index in [2.05, 4.69) is 133 Å². The minimum Gasteiger partial charge on any atom is -0.355 e. The van der Waals surface area contributed by atoms with Crippen molar-refractivity contribution < 1.29 is 0 Å². The molecule has 0 radical (unpaired) electrons. The molecule has 2 nitrogen and oxygen atoms in total. The van der Waals surface area contributed by atoms with E-state index in [4.69, 9.17) is 0 Å². The van der Waals surface area contributed by atoms with Gasteiger partial charge in [-0.15, -0.1) is 0 Å². The normalized spacial score (nSPS) is 15.6. The first-order valence-corrected chi connectivity index (χ1v) is 12.0. The van der Waals surface area contributed by atoms with Crippen LogP contribution in [-0.4, -0.2) is 4.57 Å². The first-order chi connectivity index (χ1) is 16.7. The fraction of sp³-hybridized carbons (Fsp3) is 0.125. The lowest BCUT2D eigenvalue weighted by atomic mass is 10.0. The number of nitrogens with one attached hydrogen (secondary N) is 1. The van der Waals surface area contributed by atoms with Gasteiger partial charge >= 0.3 is 0 Å². The van der Waals surface area contributed by atoms with E-state index in [1.165, 1.54) is 44.2 Å². The van der Waals surface area contributed by atoms with Gasteiger partial charge < -0.3 is 9.88 Å². The van der Waals surface area contributed by atoms with Gasteiger partial charge in [-0.3, -0.25) is 0 Å². The van der Waals surface area contributed by atoms with E-state index in [-0.39, 0.29) is 0 Å². The maximum atomic E-state index is 3.62. The zero-order valence-corrected chi connectivity index (χ0v) is 19.6. The van der Waals surface area contributed by atoms with Gasteiger partial charge in [0.1, 0.15) is 0 Å². The number of para-hydroxylation sites is 2. The van der Waals surface area contributed by atoms with Crippen LogP contribution in [0.3, 0.4) is 0 Å². The van der Waals surface area contributed by atoms with Crippen molar-refractivity contribution in [1.29, 1.82) is 0 Å². The van der Waals surface area contributed by atoms with Crippen molar-refractivity contribution in [3.63, 3.8) is 0 Å². The zero-order valence-electron chi connectivity index (χ0n) is 19.6. The first-order valence-electron chi connectivity index (χ1n) is 12.0. The second kappa shape index (κ2) is 8.39. The summed E-state index contributed by atoms with van der Waals surface area (Å²) in [5.41, 5.74) is 9.66. The molecule has 166 valence electrons. The highest BCUT2D eigenvalue weighted by atomic mass is 15.0. The summed E-state index contributed by atoms with van der Waals surface area (Å²) in [6.07, 6.45) is 8.03. The van der Waals surface area contributed by atoms with E-state index in [0.717, 1.165) is 17.8 Å². The molecule has 4 aromatic carbocycles. The molecule has 0 amide bonds. The van der Waals surface area contributed by atoms with E-state index in [9.17, 15) is 0 Å². The summed E-state index contributed by atoms with van der Waals surface area (Å²) in [7, 11) is 0. The van der Waals surface area contributed by atoms with Crippen LogP contribution in [0.1, 0.15) is 18.9 Å². The van der Waals surface area contributed by atoms with Crippen molar-refractivity contribution in [2.75, 3.05) is 5.32 Å². The Balaban J connectivity index is 1.49. The van der Waals surface area contributed by atoms with Crippen LogP contribution in [0, 0.1) is 12.8 Å². The maximum Gasteiger partial charge on any atom is 0.0541 e. The topological polar surface area (TPSA) is 17.0 Å². The molecular weight excluding hydrogens is 412 g/mol. The lowest BCUT2D eigenvalue weighted by molar-refractivity contribution is 0.735. The molecule has 1 atom stereocenters. The monoisotopic (exact) mass is 440 g/mol. The van der Waals surface area contributed by atoms with Crippen molar-refractivity contribution in [1.82, 2.24) is 4.57 Å². The largest absolute Gasteiger partial charge is 0.355 e. The van der Waals surface area contributed by atoms with Crippen LogP contribution < -0.4 is 5.32 Å². The molecule has 2 heteroatoms. The van der Waals surface area contributed by atoms with Gasteiger partial charge in [-0.05, 0) is 67.3 Å². The highest BCUT2D eigenvalue weighted by Crippen LogP contribution is 2.38. The van der Waals surface area contributed by atoms with E-state index >= 15 is 0 Å². The third kappa shape index (κ3) is 3.62. The minimum atomic E-state index is 0.598. The first kappa shape index (κ1) is 20.6. The van der Waals surface area contributed by atoms with Gasteiger partial charge in [0.15, 0.2) is 0 Å². The highest BCUT2D eigenvalue weighted by Gasteiger charge is 2.16. The van der Waals surface area contributed by atoms with Crippen LogP contribution in [0.5, 0.6) is 0 Å². The molecule has 1 aromatic heterocycles. The number of aromatic nitrogens is 1. The minimum absolute atomic E-state index is 0.598. The molecule has 5 aromatic rings. The van der Waals surface area contributed by atoms with Crippen LogP contribution in [0.25, 0.3) is 38.6 Å². The number of nitrogens with zero attached hydrogens (tertiary/aromatic N) is 1. The molecule has 0 saturated carbocycles. The number of aryl methyl sites for hydroxylation is 1. The quantitative estimate of drug-likeness (QED) is 0.295. The lowest BCUT2D eigenvalue weighted by Crippen LogP contribution is -2.00. The van der Waals surface area contributed by atoms with Crippen molar-refractivity contribution >= 4 is 38.9 Å². The number of rotatable bonds is 4. The summed E-state index contributed by atoms with van der Waals surface area (Å²) >= 11 is 0. The van der Waals surface area contributed by atoms with Crippen LogP contribution in [0.4, 0.5) is 11.4 Å². The van der Waals surface area contributed by atoms with Crippen LogP contribution in [-0.2, 0) is 0 Å². The zero-order chi connectivity index (χ0) is 23.1. The molecule has 0 aliphatic heterocycles. The third-order valence-electron chi connectivity index (χ3n) is 6.79. The average Bonchev–Trinajstić information content (AvgIpc) is 3.20. The summed E-state index contributed by atoms with van der Waals surface area (Å²) in [6.45, 7) is 4.38. The Hall–Kier alpha value is -4.04. The molecular formula is C32H28N2. The van der Waals surface area contributed by atoms with Crippen molar-refractivity contribution in [3.8, 4) is 11.1 Å². The molecule has 1 N–H and O–H groups in total. The number of benzene rings is 4. The Morgan fingerprint density at radius 2 is 1.56 bits per heavy atom. The molecule has 34 heavy (non-hydrogen) atoms. The number of fused-ring (bicyclic) bond motifs is 3. The SMILES string of the molecule is Cc1ccc(Nc2ccccc2-c2ccc3c(c2)c2ccccc2n3C2=CCC(C)C=C2)cc1. The second-order valence-electron chi connectivity index (χ2n) is 9.32. The molecule has 0 fully saturated rings. The molecule has 1 aliphatic carbocycles. The number of anilines is 2. The summed E-state index contributed by atoms with van der Waals surface area (Å²) in [4.78, 5) is 0. The van der Waals surface area contributed by atoms with E-state index < -0.39 is 0 Å². The predicted octanol–water partition coefficient (Wildman–Crippen LogP) is 8.95. The number of hydrogen-bond donors (Lipinski definition) is 1. The fourth-order valence-electron chi connectivity index (χ4n) is 4.94. The molecule has 1 aliphatic rings. The number of hydrogen-bond acceptors (Lipinski definition) is 1. The van der Waals surface area contributed by atoms with Crippen molar-refractivity contribution in [2.24, 2.45) is 5.92 Å². The lowest BCUT2D eigenvalue weighted by Gasteiger charge is -2.15. The van der Waals surface area contributed by atoms with Gasteiger partial charge in [-0.2, -0.15) is 0 Å². The molecule has 0 spiro atoms. The Morgan fingerprint density at radius 3 is 2.38 bits per heavy atom. The standard InChI is InChI=1S/C32H28N2/c1-22-11-16-25(17-12-22)33-30-9-5-3-7-27(30)24-15-20-32-29(21-24)28-8-4-6-10-31(28)34(32)26-18-13-23(2)14-19-26/h3-13,15-21,23,33H,14H2,1-2H3. The van der Waals surface area contributed by atoms with Gasteiger partial charge in [0.2, 0.25) is 0 Å². The Labute approximate surface area is 200 Å². The third-order valence-corrected chi connectivity index (χ3v) is 6.79. The van der Waals surface area contributed by atoms with Crippen molar-refractivity contribution in [3.05, 3.63) is 115 Å². The van der Waals surface area contributed by atoms with Gasteiger partial charge in [-0.1, -0.05) is 79.2 Å². The van der Waals surface area contributed by atoms with Crippen LogP contribution in [0.2, 0.25) is 0 Å². The molecule has 6 rings (SSSR count). The Morgan fingerprint density at radius 1 is 0.794 bits per heavy atom. The van der Waals surface area contributed by atoms with Gasteiger partial charge in [0, 0.05) is 33.4 Å². The maximum absolute atomic E-state index is 3.62. The summed E-state index contributed by atoms with van der Waals surface area (Å²) < 4.78 is 2.41. The molecule has 0 bridgehead atoms. The van der Waals surface area contributed by atoms with Gasteiger partial charge in [0.05, 0.1) is 11.0 Å². The fourth-order valence-corrected chi connectivity index (χ4v) is 4.94. The van der Waals surface area contributed by atoms with Gasteiger partial charge in [-0.25, -0.2) is 0 Å². The summed E-state index contributed by atoms with van der Waals surface area (Å²) in [5.74, 6) is 0.598. The van der Waals surface area contributed by atoms with Crippen LogP contribution in [0.15, 0.2) is 109 Å². The van der Waals surface area contributed by atoms with E-state index in [0.29, 0.717) is 5.92 Å². The smallest absolute Gasteiger partial charge is 0.0541 e. The van der Waals surface area contributed by atoms with E-state index in [1.54, 1.807) is 0 Å². The van der Waals surface area contributed by atoms with E-state index in [1.807, 2.05) is 0 Å². The molecule has 0 saturated heterocycles. The predicted molar refractivity (Wildman–Crippen MR) is 147 cm³/mol. The Kier molecular flexibility index (Phi) is 5.07. The van der Waals surface area contributed by atoms with Crippen molar-refractivity contribution in [2.45, 2.75) is 20.3 Å². The summed E-state index contributed by atoms with van der Waals surface area (Å²) in [6, 6.07) is 32.7. The van der Waals surface area contributed by atoms with Gasteiger partial charge in [0.25, 0.3) is 0 Å². The number of allylic oxidation sites excluding steroid dienone is 4. The molecule has 1 heterocycles. The average molecular weight is 441 g/mol. The molecule has 1 unspecified atom stereocenters. The highest BCUT2D eigenvalue weighted by molar-refractivity contribution is 6.11. The second-order valence-corrected chi connectivity index (χ2v) is 9.32.